The lowest BCUT2D eigenvalue weighted by Crippen LogP contribution is -1.97. The molecule has 1 aromatic carbocycles. The number of rotatable bonds is 1. The zero-order valence-corrected chi connectivity index (χ0v) is 13.2. The summed E-state index contributed by atoms with van der Waals surface area (Å²) in [5, 5.41) is 3.22. The van der Waals surface area contributed by atoms with E-state index in [1.165, 1.54) is 0 Å². The van der Waals surface area contributed by atoms with E-state index in [4.69, 9.17) is 5.73 Å². The van der Waals surface area contributed by atoms with Crippen LogP contribution in [0, 0.1) is 3.57 Å². The second-order valence-electron chi connectivity index (χ2n) is 4.84. The molecule has 4 nitrogen and oxygen atoms in total. The quantitative estimate of drug-likeness (QED) is 0.400. The van der Waals surface area contributed by atoms with Crippen molar-refractivity contribution in [1.29, 1.82) is 0 Å². The number of benzene rings is 1. The van der Waals surface area contributed by atoms with Gasteiger partial charge in [-0.15, -0.1) is 0 Å². The summed E-state index contributed by atoms with van der Waals surface area (Å²) in [5.74, 6) is 0.867. The van der Waals surface area contributed by atoms with Crippen molar-refractivity contribution in [2.45, 2.75) is 0 Å². The van der Waals surface area contributed by atoms with Gasteiger partial charge in [0.15, 0.2) is 0 Å². The second-order valence-corrected chi connectivity index (χ2v) is 6.01. The largest absolute Gasteiger partial charge is 0.397 e. The Bertz CT molecular complexity index is 975. The Hall–Kier alpha value is -2.15. The number of hydrogen-bond donors (Lipinski definition) is 1. The molecule has 0 spiro atoms. The van der Waals surface area contributed by atoms with E-state index in [0.29, 0.717) is 0 Å². The van der Waals surface area contributed by atoms with E-state index >= 15 is 0 Å². The normalized spacial score (nSPS) is 11.3. The minimum atomic E-state index is 0.784. The van der Waals surface area contributed by atoms with Crippen molar-refractivity contribution in [3.63, 3.8) is 0 Å². The maximum absolute atomic E-state index is 6.11. The van der Waals surface area contributed by atoms with E-state index in [2.05, 4.69) is 44.7 Å². The Morgan fingerprint density at radius 2 is 1.95 bits per heavy atom. The highest BCUT2D eigenvalue weighted by Gasteiger charge is 2.07. The third kappa shape index (κ3) is 1.96. The average molecular weight is 386 g/mol. The first kappa shape index (κ1) is 12.6. The Kier molecular flexibility index (Phi) is 2.81. The van der Waals surface area contributed by atoms with Crippen molar-refractivity contribution in [2.75, 3.05) is 5.73 Å². The molecule has 0 aliphatic rings. The molecule has 5 heteroatoms. The molecule has 3 heterocycles. The van der Waals surface area contributed by atoms with E-state index in [1.54, 1.807) is 6.20 Å². The van der Waals surface area contributed by atoms with Crippen LogP contribution in [0.4, 0.5) is 5.69 Å². The van der Waals surface area contributed by atoms with Crippen LogP contribution in [-0.4, -0.2) is 14.5 Å². The highest BCUT2D eigenvalue weighted by molar-refractivity contribution is 14.1. The van der Waals surface area contributed by atoms with Gasteiger partial charge in [0, 0.05) is 32.9 Å². The molecular formula is C16H11IN4. The number of nitrogens with two attached hydrogens (primary N) is 1. The van der Waals surface area contributed by atoms with E-state index in [-0.39, 0.29) is 0 Å². The third-order valence-electron chi connectivity index (χ3n) is 3.62. The molecule has 0 amide bonds. The molecule has 0 atom stereocenters. The van der Waals surface area contributed by atoms with Crippen LogP contribution in [0.15, 0.2) is 55.1 Å². The molecule has 21 heavy (non-hydrogen) atoms. The zero-order valence-electron chi connectivity index (χ0n) is 11.0. The highest BCUT2D eigenvalue weighted by atomic mass is 127. The lowest BCUT2D eigenvalue weighted by atomic mass is 10.1. The summed E-state index contributed by atoms with van der Waals surface area (Å²) >= 11 is 2.24. The van der Waals surface area contributed by atoms with E-state index in [0.717, 1.165) is 36.8 Å². The van der Waals surface area contributed by atoms with Gasteiger partial charge in [0.05, 0.1) is 17.4 Å². The van der Waals surface area contributed by atoms with Gasteiger partial charge in [-0.1, -0.05) is 6.07 Å². The maximum atomic E-state index is 6.11. The number of fused-ring (bicyclic) bond motifs is 2. The number of nitrogen functional groups attached to an aromatic ring is 1. The molecule has 4 aromatic rings. The molecule has 0 fully saturated rings. The Balaban J connectivity index is 1.97. The molecule has 102 valence electrons. The fourth-order valence-electron chi connectivity index (χ4n) is 2.51. The van der Waals surface area contributed by atoms with Crippen molar-refractivity contribution in [3.8, 4) is 5.82 Å². The number of nitrogens with zero attached hydrogens (tertiary/aromatic N) is 3. The molecule has 0 unspecified atom stereocenters. The zero-order chi connectivity index (χ0) is 14.4. The molecule has 2 N–H and O–H groups in total. The summed E-state index contributed by atoms with van der Waals surface area (Å²) in [4.78, 5) is 8.74. The summed E-state index contributed by atoms with van der Waals surface area (Å²) in [5.41, 5.74) is 7.94. The van der Waals surface area contributed by atoms with E-state index in [9.17, 15) is 0 Å². The van der Waals surface area contributed by atoms with Gasteiger partial charge in [-0.2, -0.15) is 0 Å². The lowest BCUT2D eigenvalue weighted by Gasteiger charge is -2.08. The predicted molar refractivity (Wildman–Crippen MR) is 93.5 cm³/mol. The van der Waals surface area contributed by atoms with E-state index < -0.39 is 0 Å². The molecule has 0 saturated heterocycles. The van der Waals surface area contributed by atoms with Gasteiger partial charge >= 0.3 is 0 Å². The smallest absolute Gasteiger partial charge is 0.137 e. The average Bonchev–Trinajstić information content (AvgIpc) is 2.95. The summed E-state index contributed by atoms with van der Waals surface area (Å²) in [6, 6.07) is 10.2. The number of anilines is 1. The summed E-state index contributed by atoms with van der Waals surface area (Å²) in [6.45, 7) is 0. The van der Waals surface area contributed by atoms with Crippen LogP contribution in [0.3, 0.4) is 0 Å². The molecule has 3 aromatic heterocycles. The first-order valence-corrected chi connectivity index (χ1v) is 7.57. The summed E-state index contributed by atoms with van der Waals surface area (Å²) in [7, 11) is 0. The first-order valence-electron chi connectivity index (χ1n) is 6.49. The van der Waals surface area contributed by atoms with Crippen molar-refractivity contribution >= 4 is 50.0 Å². The van der Waals surface area contributed by atoms with Crippen LogP contribution < -0.4 is 5.73 Å². The molecule has 0 radical (unpaired) electrons. The highest BCUT2D eigenvalue weighted by Crippen LogP contribution is 2.27. The number of pyridine rings is 2. The van der Waals surface area contributed by atoms with Gasteiger partial charge in [0.25, 0.3) is 0 Å². The Morgan fingerprint density at radius 3 is 2.86 bits per heavy atom. The lowest BCUT2D eigenvalue weighted by molar-refractivity contribution is 1.05. The Morgan fingerprint density at radius 1 is 1.05 bits per heavy atom. The van der Waals surface area contributed by atoms with Crippen LogP contribution in [0.2, 0.25) is 0 Å². The van der Waals surface area contributed by atoms with Gasteiger partial charge in [-0.25, -0.2) is 4.98 Å². The minimum absolute atomic E-state index is 0.784. The first-order chi connectivity index (χ1) is 10.2. The number of halogens is 1. The molecule has 0 bridgehead atoms. The van der Waals surface area contributed by atoms with Crippen LogP contribution in [0.1, 0.15) is 0 Å². The van der Waals surface area contributed by atoms with Gasteiger partial charge in [-0.3, -0.25) is 9.55 Å². The topological polar surface area (TPSA) is 56.7 Å². The monoisotopic (exact) mass is 386 g/mol. The Labute approximate surface area is 134 Å². The number of aromatic nitrogens is 3. The van der Waals surface area contributed by atoms with Gasteiger partial charge < -0.3 is 5.73 Å². The van der Waals surface area contributed by atoms with Gasteiger partial charge in [0.1, 0.15) is 5.82 Å². The van der Waals surface area contributed by atoms with Crippen LogP contribution >= 0.6 is 22.6 Å². The number of hydrogen-bond acceptors (Lipinski definition) is 3. The molecule has 0 aliphatic carbocycles. The summed E-state index contributed by atoms with van der Waals surface area (Å²) in [6.07, 6.45) is 7.49. The van der Waals surface area contributed by atoms with Crippen LogP contribution in [0.25, 0.3) is 27.5 Å². The molecule has 4 rings (SSSR count). The van der Waals surface area contributed by atoms with Crippen molar-refractivity contribution < 1.29 is 0 Å². The molecular weight excluding hydrogens is 375 g/mol. The van der Waals surface area contributed by atoms with Gasteiger partial charge in [-0.05, 0) is 52.2 Å². The van der Waals surface area contributed by atoms with Crippen LogP contribution in [-0.2, 0) is 0 Å². The molecule has 0 aliphatic heterocycles. The fourth-order valence-corrected chi connectivity index (χ4v) is 2.98. The van der Waals surface area contributed by atoms with Crippen LogP contribution in [0.5, 0.6) is 0 Å². The van der Waals surface area contributed by atoms with Crippen molar-refractivity contribution in [3.05, 3.63) is 58.7 Å². The predicted octanol–water partition coefficient (Wildman–Crippen LogP) is 3.76. The minimum Gasteiger partial charge on any atom is -0.397 e. The third-order valence-corrected chi connectivity index (χ3v) is 4.56. The van der Waals surface area contributed by atoms with Crippen molar-refractivity contribution in [1.82, 2.24) is 14.5 Å². The van der Waals surface area contributed by atoms with Gasteiger partial charge in [0.2, 0.25) is 0 Å². The maximum Gasteiger partial charge on any atom is 0.137 e. The standard InChI is InChI=1S/C16H11IN4/c17-13-2-1-11-7-15(20-8-12(11)16(13)18)21-6-4-10-3-5-19-9-14(10)21/h1-9H,18H2. The van der Waals surface area contributed by atoms with E-state index in [1.807, 2.05) is 41.4 Å². The summed E-state index contributed by atoms with van der Waals surface area (Å²) < 4.78 is 3.08. The van der Waals surface area contributed by atoms with Crippen molar-refractivity contribution in [2.24, 2.45) is 0 Å². The molecule has 0 saturated carbocycles. The second kappa shape index (κ2) is 4.70. The fraction of sp³-hybridized carbons (Fsp3) is 0. The SMILES string of the molecule is Nc1c(I)ccc2cc(-n3ccc4ccncc43)ncc12.